The van der Waals surface area contributed by atoms with E-state index in [1.165, 1.54) is 12.0 Å². The van der Waals surface area contributed by atoms with Crippen molar-refractivity contribution in [1.29, 1.82) is 0 Å². The van der Waals surface area contributed by atoms with Crippen LogP contribution in [0.15, 0.2) is 24.3 Å². The molecule has 0 spiro atoms. The Kier molecular flexibility index (Phi) is 3.13. The van der Waals surface area contributed by atoms with Crippen LogP contribution < -0.4 is 0 Å². The first kappa shape index (κ1) is 11.4. The second-order valence-electron chi connectivity index (χ2n) is 5.15. The summed E-state index contributed by atoms with van der Waals surface area (Å²) in [5.41, 5.74) is 2.10. The molecule has 16 heavy (non-hydrogen) atoms. The smallest absolute Gasteiger partial charge is 0.169 e. The summed E-state index contributed by atoms with van der Waals surface area (Å²) < 4.78 is 0. The van der Waals surface area contributed by atoms with Crippen LogP contribution in [0.25, 0.3) is 0 Å². The fourth-order valence-electron chi connectivity index (χ4n) is 2.61. The molecular formula is C15H20O. The van der Waals surface area contributed by atoms with Gasteiger partial charge in [-0.1, -0.05) is 51.0 Å². The molecule has 0 saturated heterocycles. The monoisotopic (exact) mass is 216 g/mol. The average molecular weight is 216 g/mol. The standard InChI is InChI=1S/C15H20O/c1-3-4-10-15(2)11-9-12-7-5-6-8-13(12)14(15)16/h5-8H,3-4,9-11H2,1-2H3/t15-/m1/s1. The highest BCUT2D eigenvalue weighted by Gasteiger charge is 2.37. The number of fused-ring (bicyclic) bond motifs is 1. The predicted octanol–water partition coefficient (Wildman–Crippen LogP) is 4.01. The van der Waals surface area contributed by atoms with Crippen molar-refractivity contribution in [2.75, 3.05) is 0 Å². The number of Topliss-reactive ketones (excluding diaryl/α,β-unsaturated/α-hetero) is 1. The Hall–Kier alpha value is -1.11. The van der Waals surface area contributed by atoms with Gasteiger partial charge in [0.25, 0.3) is 0 Å². The summed E-state index contributed by atoms with van der Waals surface area (Å²) in [5, 5.41) is 0. The largest absolute Gasteiger partial charge is 0.294 e. The molecule has 1 nitrogen and oxygen atoms in total. The van der Waals surface area contributed by atoms with Gasteiger partial charge in [0.05, 0.1) is 0 Å². The number of ketones is 1. The second kappa shape index (κ2) is 4.40. The van der Waals surface area contributed by atoms with Crippen LogP contribution in [0.2, 0.25) is 0 Å². The summed E-state index contributed by atoms with van der Waals surface area (Å²) in [4.78, 5) is 12.4. The molecule has 0 aliphatic heterocycles. The van der Waals surface area contributed by atoms with E-state index in [1.807, 2.05) is 18.2 Å². The third-order valence-electron chi connectivity index (χ3n) is 3.84. The average Bonchev–Trinajstić information content (AvgIpc) is 2.32. The predicted molar refractivity (Wildman–Crippen MR) is 66.7 cm³/mol. The number of benzene rings is 1. The molecule has 0 N–H and O–H groups in total. The molecule has 1 aliphatic carbocycles. The van der Waals surface area contributed by atoms with Crippen molar-refractivity contribution in [3.05, 3.63) is 35.4 Å². The van der Waals surface area contributed by atoms with E-state index in [9.17, 15) is 4.79 Å². The van der Waals surface area contributed by atoms with E-state index in [0.29, 0.717) is 5.78 Å². The van der Waals surface area contributed by atoms with Gasteiger partial charge in [-0.05, 0) is 24.8 Å². The molecule has 0 aromatic heterocycles. The van der Waals surface area contributed by atoms with Crippen LogP contribution in [0.4, 0.5) is 0 Å². The van der Waals surface area contributed by atoms with Crippen LogP contribution in [0, 0.1) is 5.41 Å². The Morgan fingerprint density at radius 1 is 1.31 bits per heavy atom. The van der Waals surface area contributed by atoms with Gasteiger partial charge >= 0.3 is 0 Å². The van der Waals surface area contributed by atoms with E-state index in [4.69, 9.17) is 0 Å². The number of rotatable bonds is 3. The van der Waals surface area contributed by atoms with Crippen LogP contribution >= 0.6 is 0 Å². The van der Waals surface area contributed by atoms with Gasteiger partial charge in [0.2, 0.25) is 0 Å². The van der Waals surface area contributed by atoms with Crippen LogP contribution in [-0.2, 0) is 6.42 Å². The molecular weight excluding hydrogens is 196 g/mol. The Morgan fingerprint density at radius 3 is 2.81 bits per heavy atom. The van der Waals surface area contributed by atoms with Crippen molar-refractivity contribution in [3.8, 4) is 0 Å². The van der Waals surface area contributed by atoms with Gasteiger partial charge in [-0.2, -0.15) is 0 Å². The van der Waals surface area contributed by atoms with Crippen LogP contribution in [0.5, 0.6) is 0 Å². The molecule has 0 saturated carbocycles. The number of carbonyl (C=O) groups is 1. The van der Waals surface area contributed by atoms with Gasteiger partial charge in [0.15, 0.2) is 5.78 Å². The summed E-state index contributed by atoms with van der Waals surface area (Å²) in [6, 6.07) is 8.08. The maximum absolute atomic E-state index is 12.4. The van der Waals surface area contributed by atoms with Gasteiger partial charge in [-0.15, -0.1) is 0 Å². The highest BCUT2D eigenvalue weighted by Crippen LogP contribution is 2.38. The quantitative estimate of drug-likeness (QED) is 0.746. The lowest BCUT2D eigenvalue weighted by atomic mass is 9.69. The van der Waals surface area contributed by atoms with E-state index < -0.39 is 0 Å². The fourth-order valence-corrected chi connectivity index (χ4v) is 2.61. The molecule has 0 radical (unpaired) electrons. The molecule has 1 aliphatic rings. The Labute approximate surface area is 97.9 Å². The number of aryl methyl sites for hydroxylation is 1. The zero-order valence-corrected chi connectivity index (χ0v) is 10.3. The lowest BCUT2D eigenvalue weighted by Crippen LogP contribution is -2.33. The number of unbranched alkanes of at least 4 members (excludes halogenated alkanes) is 1. The van der Waals surface area contributed by atoms with Gasteiger partial charge in [-0.3, -0.25) is 4.79 Å². The molecule has 0 heterocycles. The molecule has 86 valence electrons. The van der Waals surface area contributed by atoms with Crippen molar-refractivity contribution < 1.29 is 4.79 Å². The zero-order chi connectivity index (χ0) is 11.6. The summed E-state index contributed by atoms with van der Waals surface area (Å²) in [6.07, 6.45) is 5.44. The highest BCUT2D eigenvalue weighted by atomic mass is 16.1. The minimum Gasteiger partial charge on any atom is -0.294 e. The van der Waals surface area contributed by atoms with Crippen molar-refractivity contribution in [3.63, 3.8) is 0 Å². The maximum atomic E-state index is 12.4. The van der Waals surface area contributed by atoms with Crippen molar-refractivity contribution in [1.82, 2.24) is 0 Å². The van der Waals surface area contributed by atoms with Gasteiger partial charge in [-0.25, -0.2) is 0 Å². The molecule has 1 heteroatoms. The van der Waals surface area contributed by atoms with E-state index in [0.717, 1.165) is 31.2 Å². The molecule has 0 fully saturated rings. The first-order valence-electron chi connectivity index (χ1n) is 6.30. The minimum absolute atomic E-state index is 0.107. The third-order valence-corrected chi connectivity index (χ3v) is 3.84. The topological polar surface area (TPSA) is 17.1 Å². The normalized spacial score (nSPS) is 24.2. The third kappa shape index (κ3) is 1.91. The second-order valence-corrected chi connectivity index (χ2v) is 5.15. The Morgan fingerprint density at radius 2 is 2.06 bits per heavy atom. The van der Waals surface area contributed by atoms with E-state index in [1.54, 1.807) is 0 Å². The van der Waals surface area contributed by atoms with Crippen molar-refractivity contribution in [2.24, 2.45) is 5.41 Å². The van der Waals surface area contributed by atoms with Gasteiger partial charge in [0.1, 0.15) is 0 Å². The van der Waals surface area contributed by atoms with E-state index in [2.05, 4.69) is 19.9 Å². The lowest BCUT2D eigenvalue weighted by molar-refractivity contribution is 0.0766. The number of hydrogen-bond donors (Lipinski definition) is 0. The molecule has 0 amide bonds. The first-order valence-corrected chi connectivity index (χ1v) is 6.30. The van der Waals surface area contributed by atoms with Crippen molar-refractivity contribution >= 4 is 5.78 Å². The van der Waals surface area contributed by atoms with Crippen LogP contribution in [-0.4, -0.2) is 5.78 Å². The van der Waals surface area contributed by atoms with Crippen molar-refractivity contribution in [2.45, 2.75) is 46.0 Å². The fraction of sp³-hybridized carbons (Fsp3) is 0.533. The van der Waals surface area contributed by atoms with E-state index >= 15 is 0 Å². The molecule has 1 aromatic carbocycles. The van der Waals surface area contributed by atoms with Gasteiger partial charge in [0, 0.05) is 11.0 Å². The summed E-state index contributed by atoms with van der Waals surface area (Å²) in [6.45, 7) is 4.32. The minimum atomic E-state index is -0.107. The maximum Gasteiger partial charge on any atom is 0.169 e. The number of carbonyl (C=O) groups excluding carboxylic acids is 1. The molecule has 1 atom stereocenters. The first-order chi connectivity index (χ1) is 7.67. The SMILES string of the molecule is CCCC[C@]1(C)CCc2ccccc2C1=O. The lowest BCUT2D eigenvalue weighted by Gasteiger charge is -2.33. The summed E-state index contributed by atoms with van der Waals surface area (Å²) >= 11 is 0. The molecule has 2 rings (SSSR count). The molecule has 0 bridgehead atoms. The Balaban J connectivity index is 2.27. The summed E-state index contributed by atoms with van der Waals surface area (Å²) in [5.74, 6) is 0.364. The molecule has 0 unspecified atom stereocenters. The molecule has 1 aromatic rings. The van der Waals surface area contributed by atoms with Crippen LogP contribution in [0.3, 0.4) is 0 Å². The Bertz CT molecular complexity index is 394. The van der Waals surface area contributed by atoms with Crippen LogP contribution in [0.1, 0.15) is 55.5 Å². The summed E-state index contributed by atoms with van der Waals surface area (Å²) in [7, 11) is 0. The van der Waals surface area contributed by atoms with Gasteiger partial charge < -0.3 is 0 Å². The highest BCUT2D eigenvalue weighted by molar-refractivity contribution is 6.02. The van der Waals surface area contributed by atoms with E-state index in [-0.39, 0.29) is 5.41 Å². The zero-order valence-electron chi connectivity index (χ0n) is 10.3. The number of hydrogen-bond acceptors (Lipinski definition) is 1.